The Hall–Kier alpha value is -0.850. The molecule has 0 saturated carbocycles. The van der Waals surface area contributed by atoms with Crippen LogP contribution >= 0.6 is 11.8 Å². The van der Waals surface area contributed by atoms with Crippen molar-refractivity contribution in [1.29, 1.82) is 0 Å². The number of hydrogen-bond donors (Lipinski definition) is 0. The minimum absolute atomic E-state index is 0.124. The van der Waals surface area contributed by atoms with E-state index in [0.717, 1.165) is 23.9 Å². The summed E-state index contributed by atoms with van der Waals surface area (Å²) in [5.74, 6) is -4.47. The molecule has 0 N–H and O–H groups in total. The minimum atomic E-state index is -4.26. The highest BCUT2D eigenvalue weighted by atomic mass is 32.2. The quantitative estimate of drug-likeness (QED) is 0.563. The average Bonchev–Trinajstić information content (AvgIpc) is 2.23. The summed E-state index contributed by atoms with van der Waals surface area (Å²) >= 11 is 0.904. The summed E-state index contributed by atoms with van der Waals surface area (Å²) in [6.07, 6.45) is -5.24. The first-order chi connectivity index (χ1) is 8.20. The van der Waals surface area contributed by atoms with Gasteiger partial charge in [0.15, 0.2) is 17.5 Å². The lowest BCUT2D eigenvalue weighted by atomic mass is 10.1. The first-order valence-electron chi connectivity index (χ1n) is 5.03. The first kappa shape index (κ1) is 15.2. The van der Waals surface area contributed by atoms with Gasteiger partial charge in [0.25, 0.3) is 0 Å². The molecule has 18 heavy (non-hydrogen) atoms. The molecule has 0 aliphatic heterocycles. The van der Waals surface area contributed by atoms with Crippen LogP contribution in [0, 0.1) is 17.5 Å². The van der Waals surface area contributed by atoms with Crippen LogP contribution in [-0.2, 0) is 0 Å². The smallest absolute Gasteiger partial charge is 0.204 e. The Morgan fingerprint density at radius 3 is 2.06 bits per heavy atom. The van der Waals surface area contributed by atoms with Crippen LogP contribution in [0.15, 0.2) is 12.1 Å². The fraction of sp³-hybridized carbons (Fsp3) is 0.455. The van der Waals surface area contributed by atoms with Gasteiger partial charge in [-0.3, -0.25) is 0 Å². The molecule has 0 bridgehead atoms. The van der Waals surface area contributed by atoms with Gasteiger partial charge in [-0.25, -0.2) is 13.2 Å². The molecule has 0 amide bonds. The Morgan fingerprint density at radius 2 is 1.61 bits per heavy atom. The van der Waals surface area contributed by atoms with Gasteiger partial charge in [0.2, 0.25) is 0 Å². The Labute approximate surface area is 104 Å². The molecule has 1 atom stereocenters. The summed E-state index contributed by atoms with van der Waals surface area (Å²) < 4.78 is 74.2. The summed E-state index contributed by atoms with van der Waals surface area (Å²) in [6.45, 7) is 1.51. The predicted molar refractivity (Wildman–Crippen MR) is 57.9 cm³/mol. The van der Waals surface area contributed by atoms with Crippen LogP contribution in [0.3, 0.4) is 0 Å². The van der Waals surface area contributed by atoms with Gasteiger partial charge in [-0.1, -0.05) is 0 Å². The maximum atomic E-state index is 12.9. The molecule has 1 aromatic carbocycles. The van der Waals surface area contributed by atoms with E-state index < -0.39 is 35.3 Å². The number of rotatable bonds is 4. The lowest BCUT2D eigenvalue weighted by molar-refractivity contribution is -0.129. The fourth-order valence-electron chi connectivity index (χ4n) is 1.26. The summed E-state index contributed by atoms with van der Waals surface area (Å²) in [6, 6.07) is 1.59. The summed E-state index contributed by atoms with van der Waals surface area (Å²) in [7, 11) is 0. The Kier molecular flexibility index (Phi) is 4.95. The van der Waals surface area contributed by atoms with E-state index in [0.29, 0.717) is 0 Å². The van der Waals surface area contributed by atoms with Crippen LogP contribution in [0.2, 0.25) is 0 Å². The molecule has 0 heterocycles. The van der Waals surface area contributed by atoms with Crippen molar-refractivity contribution in [2.75, 3.05) is 5.75 Å². The number of hydrogen-bond acceptors (Lipinski definition) is 1. The zero-order valence-corrected chi connectivity index (χ0v) is 10.1. The van der Waals surface area contributed by atoms with Crippen molar-refractivity contribution in [1.82, 2.24) is 0 Å². The van der Waals surface area contributed by atoms with E-state index in [1.165, 1.54) is 6.92 Å². The van der Waals surface area contributed by atoms with Crippen LogP contribution < -0.4 is 0 Å². The number of benzene rings is 1. The highest BCUT2D eigenvalue weighted by Gasteiger charge is 2.27. The topological polar surface area (TPSA) is 0 Å². The maximum Gasteiger partial charge on any atom is 0.389 e. The molecule has 7 heteroatoms. The van der Waals surface area contributed by atoms with Gasteiger partial charge in [-0.15, -0.1) is 0 Å². The van der Waals surface area contributed by atoms with Crippen molar-refractivity contribution >= 4 is 11.8 Å². The van der Waals surface area contributed by atoms with Crippen molar-refractivity contribution in [2.45, 2.75) is 24.8 Å². The molecule has 0 aliphatic carbocycles. The van der Waals surface area contributed by atoms with E-state index in [1.54, 1.807) is 0 Å². The van der Waals surface area contributed by atoms with Gasteiger partial charge < -0.3 is 0 Å². The molecule has 0 radical (unpaired) electrons. The van der Waals surface area contributed by atoms with Crippen molar-refractivity contribution in [3.8, 4) is 0 Å². The second kappa shape index (κ2) is 5.86. The third kappa shape index (κ3) is 4.44. The van der Waals surface area contributed by atoms with E-state index in [9.17, 15) is 26.3 Å². The third-order valence-electron chi connectivity index (χ3n) is 2.23. The van der Waals surface area contributed by atoms with E-state index in [4.69, 9.17) is 0 Å². The molecule has 0 aromatic heterocycles. The molecule has 0 nitrogen and oxygen atoms in total. The van der Waals surface area contributed by atoms with Crippen LogP contribution in [0.4, 0.5) is 26.3 Å². The van der Waals surface area contributed by atoms with Gasteiger partial charge in [-0.2, -0.15) is 24.9 Å². The van der Waals surface area contributed by atoms with Crippen molar-refractivity contribution in [3.05, 3.63) is 35.1 Å². The number of alkyl halides is 3. The van der Waals surface area contributed by atoms with Gasteiger partial charge in [-0.05, 0) is 24.6 Å². The summed E-state index contributed by atoms with van der Waals surface area (Å²) in [4.78, 5) is 0. The van der Waals surface area contributed by atoms with E-state index >= 15 is 0 Å². The van der Waals surface area contributed by atoms with Crippen LogP contribution in [0.25, 0.3) is 0 Å². The van der Waals surface area contributed by atoms with E-state index in [1.807, 2.05) is 0 Å². The molecular formula is C11H10F6S. The number of thioether (sulfide) groups is 1. The molecule has 0 saturated heterocycles. The number of halogens is 6. The third-order valence-corrected chi connectivity index (χ3v) is 3.44. The van der Waals surface area contributed by atoms with Gasteiger partial charge in [0, 0.05) is 11.0 Å². The van der Waals surface area contributed by atoms with Gasteiger partial charge >= 0.3 is 6.18 Å². The SMILES string of the molecule is CC(SCCC(F)(F)F)c1cc(F)c(F)c(F)c1. The zero-order valence-electron chi connectivity index (χ0n) is 9.32. The zero-order chi connectivity index (χ0) is 13.9. The molecule has 1 aromatic rings. The van der Waals surface area contributed by atoms with Crippen LogP contribution in [-0.4, -0.2) is 11.9 Å². The van der Waals surface area contributed by atoms with Gasteiger partial charge in [0.1, 0.15) is 0 Å². The second-order valence-electron chi connectivity index (χ2n) is 3.68. The minimum Gasteiger partial charge on any atom is -0.204 e. The lowest BCUT2D eigenvalue weighted by Gasteiger charge is -2.13. The molecule has 0 fully saturated rings. The first-order valence-corrected chi connectivity index (χ1v) is 6.08. The lowest BCUT2D eigenvalue weighted by Crippen LogP contribution is -2.08. The van der Waals surface area contributed by atoms with E-state index in [-0.39, 0.29) is 11.3 Å². The Bertz CT molecular complexity index is 391. The fourth-order valence-corrected chi connectivity index (χ4v) is 2.29. The summed E-state index contributed by atoms with van der Waals surface area (Å²) in [5.41, 5.74) is 0.124. The molecule has 0 spiro atoms. The van der Waals surface area contributed by atoms with Gasteiger partial charge in [0.05, 0.1) is 6.42 Å². The van der Waals surface area contributed by atoms with Crippen molar-refractivity contribution in [3.63, 3.8) is 0 Å². The van der Waals surface area contributed by atoms with Crippen molar-refractivity contribution < 1.29 is 26.3 Å². The maximum absolute atomic E-state index is 12.9. The Balaban J connectivity index is 2.65. The highest BCUT2D eigenvalue weighted by molar-refractivity contribution is 7.99. The second-order valence-corrected chi connectivity index (χ2v) is 5.13. The Morgan fingerprint density at radius 1 is 1.11 bits per heavy atom. The summed E-state index contributed by atoms with van der Waals surface area (Å²) in [5, 5.41) is -0.544. The predicted octanol–water partition coefficient (Wildman–Crippen LogP) is 4.85. The standard InChI is InChI=1S/C11H10F6S/c1-6(18-3-2-11(15,16)17)7-4-8(12)10(14)9(13)5-7/h4-6H,2-3H2,1H3. The normalized spacial score (nSPS) is 13.7. The largest absolute Gasteiger partial charge is 0.389 e. The molecule has 0 aliphatic rings. The molecule has 1 rings (SSSR count). The molecular weight excluding hydrogens is 278 g/mol. The average molecular weight is 288 g/mol. The monoisotopic (exact) mass is 288 g/mol. The van der Waals surface area contributed by atoms with Crippen LogP contribution in [0.1, 0.15) is 24.2 Å². The van der Waals surface area contributed by atoms with Crippen molar-refractivity contribution in [2.24, 2.45) is 0 Å². The van der Waals surface area contributed by atoms with Crippen LogP contribution in [0.5, 0.6) is 0 Å². The van der Waals surface area contributed by atoms with E-state index in [2.05, 4.69) is 0 Å². The highest BCUT2D eigenvalue weighted by Crippen LogP contribution is 2.32. The molecule has 1 unspecified atom stereocenters. The molecule has 102 valence electrons.